The SMILES string of the molecule is CC1CCCC(N(C)CC2(O)CCNC2)C1. The minimum Gasteiger partial charge on any atom is -0.387 e. The van der Waals surface area contributed by atoms with Gasteiger partial charge < -0.3 is 15.3 Å². The summed E-state index contributed by atoms with van der Waals surface area (Å²) in [5.74, 6) is 0.859. The fourth-order valence-corrected chi connectivity index (χ4v) is 3.26. The quantitative estimate of drug-likeness (QED) is 0.759. The molecule has 1 heterocycles. The lowest BCUT2D eigenvalue weighted by Gasteiger charge is -2.37. The molecule has 1 saturated heterocycles. The van der Waals surface area contributed by atoms with Crippen molar-refractivity contribution < 1.29 is 5.11 Å². The van der Waals surface area contributed by atoms with Gasteiger partial charge in [-0.1, -0.05) is 19.8 Å². The zero-order chi connectivity index (χ0) is 11.6. The van der Waals surface area contributed by atoms with Crippen LogP contribution in [0, 0.1) is 5.92 Å². The average molecular weight is 226 g/mol. The van der Waals surface area contributed by atoms with Gasteiger partial charge in [0.15, 0.2) is 0 Å². The number of β-amino-alcohol motifs (C(OH)–C–C–N with tert-alkyl or cyclic N) is 1. The molecule has 1 aliphatic heterocycles. The van der Waals surface area contributed by atoms with E-state index in [-0.39, 0.29) is 0 Å². The predicted octanol–water partition coefficient (Wildman–Crippen LogP) is 1.22. The Morgan fingerprint density at radius 3 is 2.88 bits per heavy atom. The maximum Gasteiger partial charge on any atom is 0.0909 e. The van der Waals surface area contributed by atoms with Gasteiger partial charge in [0.2, 0.25) is 0 Å². The Labute approximate surface area is 99.2 Å². The highest BCUT2D eigenvalue weighted by atomic mass is 16.3. The lowest BCUT2D eigenvalue weighted by molar-refractivity contribution is 0.00830. The van der Waals surface area contributed by atoms with Gasteiger partial charge in [0.25, 0.3) is 0 Å². The predicted molar refractivity (Wildman–Crippen MR) is 66.5 cm³/mol. The lowest BCUT2D eigenvalue weighted by Crippen LogP contribution is -2.47. The van der Waals surface area contributed by atoms with Crippen molar-refractivity contribution in [2.24, 2.45) is 5.92 Å². The first-order valence-electron chi connectivity index (χ1n) is 6.72. The number of nitrogens with one attached hydrogen (secondary N) is 1. The monoisotopic (exact) mass is 226 g/mol. The standard InChI is InChI=1S/C13H26N2O/c1-11-4-3-5-12(8-11)15(2)10-13(16)6-7-14-9-13/h11-12,14,16H,3-10H2,1-2H3. The molecular formula is C13H26N2O. The highest BCUT2D eigenvalue weighted by Gasteiger charge is 2.34. The van der Waals surface area contributed by atoms with Gasteiger partial charge in [-0.2, -0.15) is 0 Å². The summed E-state index contributed by atoms with van der Waals surface area (Å²) in [5, 5.41) is 13.6. The van der Waals surface area contributed by atoms with Crippen LogP contribution in [0.5, 0.6) is 0 Å². The third-order valence-electron chi connectivity index (χ3n) is 4.30. The second-order valence-corrected chi connectivity index (χ2v) is 5.99. The smallest absolute Gasteiger partial charge is 0.0909 e. The van der Waals surface area contributed by atoms with Crippen LogP contribution in [-0.4, -0.2) is 48.3 Å². The summed E-state index contributed by atoms with van der Waals surface area (Å²) < 4.78 is 0. The van der Waals surface area contributed by atoms with E-state index in [2.05, 4.69) is 24.2 Å². The summed E-state index contributed by atoms with van der Waals surface area (Å²) in [5.41, 5.74) is -0.477. The van der Waals surface area contributed by atoms with E-state index in [1.54, 1.807) is 0 Å². The molecule has 2 rings (SSSR count). The molecule has 94 valence electrons. The maximum absolute atomic E-state index is 10.4. The van der Waals surface area contributed by atoms with Gasteiger partial charge in [0.05, 0.1) is 5.60 Å². The van der Waals surface area contributed by atoms with Crippen molar-refractivity contribution in [1.29, 1.82) is 0 Å². The molecule has 3 heteroatoms. The molecule has 2 N–H and O–H groups in total. The normalized spacial score (nSPS) is 40.5. The number of nitrogens with zero attached hydrogens (tertiary/aromatic N) is 1. The lowest BCUT2D eigenvalue weighted by atomic mass is 9.86. The van der Waals surface area contributed by atoms with Crippen molar-refractivity contribution in [3.8, 4) is 0 Å². The second-order valence-electron chi connectivity index (χ2n) is 5.99. The van der Waals surface area contributed by atoms with Crippen LogP contribution in [0.1, 0.15) is 39.0 Å². The zero-order valence-electron chi connectivity index (χ0n) is 10.7. The van der Waals surface area contributed by atoms with Gasteiger partial charge in [-0.05, 0) is 38.8 Å². The van der Waals surface area contributed by atoms with Crippen LogP contribution in [0.15, 0.2) is 0 Å². The van der Waals surface area contributed by atoms with E-state index in [1.165, 1.54) is 25.7 Å². The van der Waals surface area contributed by atoms with E-state index in [0.29, 0.717) is 6.04 Å². The first-order chi connectivity index (χ1) is 7.59. The van der Waals surface area contributed by atoms with Crippen LogP contribution in [0.2, 0.25) is 0 Å². The van der Waals surface area contributed by atoms with Crippen LogP contribution in [0.25, 0.3) is 0 Å². The van der Waals surface area contributed by atoms with Gasteiger partial charge in [-0.15, -0.1) is 0 Å². The molecule has 0 aromatic rings. The molecule has 1 aliphatic carbocycles. The van der Waals surface area contributed by atoms with Gasteiger partial charge in [0.1, 0.15) is 0 Å². The minimum absolute atomic E-state index is 0.477. The van der Waals surface area contributed by atoms with E-state index in [4.69, 9.17) is 0 Å². The van der Waals surface area contributed by atoms with Gasteiger partial charge >= 0.3 is 0 Å². The molecular weight excluding hydrogens is 200 g/mol. The largest absolute Gasteiger partial charge is 0.387 e. The van der Waals surface area contributed by atoms with Crippen LogP contribution in [-0.2, 0) is 0 Å². The summed E-state index contributed by atoms with van der Waals surface area (Å²) in [4.78, 5) is 2.39. The van der Waals surface area contributed by atoms with Crippen LogP contribution in [0.4, 0.5) is 0 Å². The van der Waals surface area contributed by atoms with Crippen molar-refractivity contribution in [2.45, 2.75) is 50.7 Å². The minimum atomic E-state index is -0.477. The van der Waals surface area contributed by atoms with Crippen molar-refractivity contribution in [2.75, 3.05) is 26.7 Å². The molecule has 1 saturated carbocycles. The molecule has 3 unspecified atom stereocenters. The van der Waals surface area contributed by atoms with Crippen LogP contribution < -0.4 is 5.32 Å². The Morgan fingerprint density at radius 1 is 1.44 bits per heavy atom. The van der Waals surface area contributed by atoms with Crippen molar-refractivity contribution in [1.82, 2.24) is 10.2 Å². The van der Waals surface area contributed by atoms with Crippen molar-refractivity contribution >= 4 is 0 Å². The molecule has 3 nitrogen and oxygen atoms in total. The Bertz CT molecular complexity index is 226. The second kappa shape index (κ2) is 5.03. The van der Waals surface area contributed by atoms with Crippen LogP contribution >= 0.6 is 0 Å². The zero-order valence-corrected chi connectivity index (χ0v) is 10.7. The average Bonchev–Trinajstić information content (AvgIpc) is 2.65. The Balaban J connectivity index is 1.84. The fourth-order valence-electron chi connectivity index (χ4n) is 3.26. The van der Waals surface area contributed by atoms with E-state index in [9.17, 15) is 5.11 Å². The molecule has 0 aromatic carbocycles. The van der Waals surface area contributed by atoms with Gasteiger partial charge in [-0.25, -0.2) is 0 Å². The maximum atomic E-state index is 10.4. The van der Waals surface area contributed by atoms with Gasteiger partial charge in [-0.3, -0.25) is 0 Å². The third-order valence-corrected chi connectivity index (χ3v) is 4.30. The molecule has 0 amide bonds. The summed E-state index contributed by atoms with van der Waals surface area (Å²) in [6.45, 7) is 4.91. The molecule has 16 heavy (non-hydrogen) atoms. The highest BCUT2D eigenvalue weighted by molar-refractivity contribution is 4.91. The molecule has 0 radical (unpaired) electrons. The Morgan fingerprint density at radius 2 is 2.25 bits per heavy atom. The number of likely N-dealkylation sites (N-methyl/N-ethyl adjacent to an activating group) is 1. The number of hydrogen-bond donors (Lipinski definition) is 2. The number of aliphatic hydroxyl groups is 1. The molecule has 0 bridgehead atoms. The first kappa shape index (κ1) is 12.3. The first-order valence-corrected chi connectivity index (χ1v) is 6.72. The fraction of sp³-hybridized carbons (Fsp3) is 1.00. The van der Waals surface area contributed by atoms with E-state index in [1.807, 2.05) is 0 Å². The van der Waals surface area contributed by atoms with Crippen molar-refractivity contribution in [3.63, 3.8) is 0 Å². The van der Waals surface area contributed by atoms with E-state index < -0.39 is 5.60 Å². The molecule has 0 aromatic heterocycles. The molecule has 2 aliphatic rings. The van der Waals surface area contributed by atoms with E-state index in [0.717, 1.165) is 32.0 Å². The molecule has 0 spiro atoms. The van der Waals surface area contributed by atoms with Crippen molar-refractivity contribution in [3.05, 3.63) is 0 Å². The van der Waals surface area contributed by atoms with Gasteiger partial charge in [0, 0.05) is 19.1 Å². The Hall–Kier alpha value is -0.120. The number of rotatable bonds is 3. The summed E-state index contributed by atoms with van der Waals surface area (Å²) in [7, 11) is 2.18. The topological polar surface area (TPSA) is 35.5 Å². The molecule has 3 atom stereocenters. The molecule has 2 fully saturated rings. The summed E-state index contributed by atoms with van der Waals surface area (Å²) in [6.07, 6.45) is 6.26. The summed E-state index contributed by atoms with van der Waals surface area (Å²) >= 11 is 0. The summed E-state index contributed by atoms with van der Waals surface area (Å²) in [6, 6.07) is 0.688. The van der Waals surface area contributed by atoms with Crippen LogP contribution in [0.3, 0.4) is 0 Å². The third kappa shape index (κ3) is 2.96. The van der Waals surface area contributed by atoms with E-state index >= 15 is 0 Å². The Kier molecular flexibility index (Phi) is 3.88. The number of hydrogen-bond acceptors (Lipinski definition) is 3. The highest BCUT2D eigenvalue weighted by Crippen LogP contribution is 2.28.